The molecule has 0 aromatic carbocycles. The first-order valence-corrected chi connectivity index (χ1v) is 5.98. The van der Waals surface area contributed by atoms with E-state index >= 15 is 0 Å². The first kappa shape index (κ1) is 14.9. The van der Waals surface area contributed by atoms with Crippen molar-refractivity contribution in [1.29, 1.82) is 0 Å². The van der Waals surface area contributed by atoms with Crippen LogP contribution in [0.4, 0.5) is 10.7 Å². The van der Waals surface area contributed by atoms with Gasteiger partial charge in [0.25, 0.3) is 0 Å². The fourth-order valence-electron chi connectivity index (χ4n) is 1.23. The third-order valence-electron chi connectivity index (χ3n) is 2.26. The molecule has 0 unspecified atom stereocenters. The molecule has 1 heterocycles. The third-order valence-corrected chi connectivity index (χ3v) is 2.26. The maximum Gasteiger partial charge on any atom is 0.321 e. The number of carboxylic acid groups (broad SMARTS) is 1. The predicted octanol–water partition coefficient (Wildman–Crippen LogP) is 1.02. The molecule has 0 atom stereocenters. The van der Waals surface area contributed by atoms with Crippen LogP contribution in [0.1, 0.15) is 33.6 Å². The Morgan fingerprint density at radius 2 is 2.11 bits per heavy atom. The Hall–Kier alpha value is -2.12. The van der Waals surface area contributed by atoms with Gasteiger partial charge in [-0.1, -0.05) is 0 Å². The molecule has 0 aliphatic heterocycles. The van der Waals surface area contributed by atoms with Gasteiger partial charge in [-0.05, 0) is 27.2 Å². The number of aliphatic carboxylic acids is 1. The van der Waals surface area contributed by atoms with Gasteiger partial charge in [0.1, 0.15) is 6.33 Å². The van der Waals surface area contributed by atoms with Gasteiger partial charge >= 0.3 is 12.0 Å². The molecule has 0 spiro atoms. The average molecular weight is 269 g/mol. The van der Waals surface area contributed by atoms with E-state index in [4.69, 9.17) is 5.11 Å². The minimum Gasteiger partial charge on any atom is -0.481 e. The molecule has 0 saturated carbocycles. The summed E-state index contributed by atoms with van der Waals surface area (Å²) in [5.41, 5.74) is -0.203. The molecule has 0 bridgehead atoms. The molecule has 8 heteroatoms. The van der Waals surface area contributed by atoms with Crippen LogP contribution in [-0.2, 0) is 10.3 Å². The van der Waals surface area contributed by atoms with Gasteiger partial charge in [0.2, 0.25) is 5.95 Å². The number of hydrogen-bond acceptors (Lipinski definition) is 4. The van der Waals surface area contributed by atoms with E-state index < -0.39 is 12.0 Å². The SMILES string of the molecule is CC(C)(C)n1cnc(NC(=O)NCCCC(=O)O)n1. The highest BCUT2D eigenvalue weighted by Crippen LogP contribution is 2.12. The van der Waals surface area contributed by atoms with Gasteiger partial charge in [0, 0.05) is 13.0 Å². The summed E-state index contributed by atoms with van der Waals surface area (Å²) in [6.45, 7) is 6.20. The zero-order valence-electron chi connectivity index (χ0n) is 11.3. The van der Waals surface area contributed by atoms with Gasteiger partial charge in [-0.2, -0.15) is 0 Å². The number of rotatable bonds is 5. The van der Waals surface area contributed by atoms with E-state index in [1.807, 2.05) is 20.8 Å². The van der Waals surface area contributed by atoms with E-state index in [2.05, 4.69) is 20.7 Å². The number of carboxylic acids is 1. The number of amides is 2. The number of nitrogens with one attached hydrogen (secondary N) is 2. The van der Waals surface area contributed by atoms with Gasteiger partial charge < -0.3 is 10.4 Å². The molecule has 3 N–H and O–H groups in total. The number of anilines is 1. The minimum atomic E-state index is -0.882. The zero-order chi connectivity index (χ0) is 14.5. The Kier molecular flexibility index (Phi) is 4.85. The van der Waals surface area contributed by atoms with E-state index in [9.17, 15) is 9.59 Å². The predicted molar refractivity (Wildman–Crippen MR) is 68.9 cm³/mol. The van der Waals surface area contributed by atoms with Crippen LogP contribution in [0.25, 0.3) is 0 Å². The molecule has 2 amide bonds. The van der Waals surface area contributed by atoms with E-state index in [1.165, 1.54) is 0 Å². The monoisotopic (exact) mass is 269 g/mol. The molecule has 19 heavy (non-hydrogen) atoms. The second-order valence-corrected chi connectivity index (χ2v) is 5.06. The highest BCUT2D eigenvalue weighted by molar-refractivity contribution is 5.87. The van der Waals surface area contributed by atoms with Crippen molar-refractivity contribution in [2.24, 2.45) is 0 Å². The maximum atomic E-state index is 11.5. The van der Waals surface area contributed by atoms with Crippen LogP contribution in [0.2, 0.25) is 0 Å². The van der Waals surface area contributed by atoms with Crippen LogP contribution < -0.4 is 10.6 Å². The minimum absolute atomic E-state index is 0.0250. The summed E-state index contributed by atoms with van der Waals surface area (Å²) >= 11 is 0. The molecule has 106 valence electrons. The highest BCUT2D eigenvalue weighted by Gasteiger charge is 2.15. The van der Waals surface area contributed by atoms with Gasteiger partial charge in [0.15, 0.2) is 0 Å². The molecule has 0 aliphatic carbocycles. The summed E-state index contributed by atoms with van der Waals surface area (Å²) < 4.78 is 1.65. The summed E-state index contributed by atoms with van der Waals surface area (Å²) in [5.74, 6) is -0.668. The summed E-state index contributed by atoms with van der Waals surface area (Å²) in [6, 6.07) is -0.447. The lowest BCUT2D eigenvalue weighted by atomic mass is 10.1. The summed E-state index contributed by atoms with van der Waals surface area (Å²) in [6.07, 6.45) is 1.95. The fraction of sp³-hybridized carbons (Fsp3) is 0.636. The van der Waals surface area contributed by atoms with Gasteiger partial charge in [-0.15, -0.1) is 5.10 Å². The number of carbonyl (C=O) groups is 2. The Balaban J connectivity index is 2.36. The van der Waals surface area contributed by atoms with Crippen LogP contribution >= 0.6 is 0 Å². The van der Waals surface area contributed by atoms with Crippen molar-refractivity contribution >= 4 is 17.9 Å². The number of aromatic nitrogens is 3. The van der Waals surface area contributed by atoms with Crippen molar-refractivity contribution in [2.75, 3.05) is 11.9 Å². The molecule has 0 radical (unpaired) electrons. The smallest absolute Gasteiger partial charge is 0.321 e. The Labute approximate surface area is 111 Å². The maximum absolute atomic E-state index is 11.5. The van der Waals surface area contributed by atoms with Crippen LogP contribution in [0, 0.1) is 0 Å². The Bertz CT molecular complexity index is 449. The summed E-state index contributed by atoms with van der Waals surface area (Å²) in [7, 11) is 0. The summed E-state index contributed by atoms with van der Waals surface area (Å²) in [5, 5.41) is 17.6. The number of hydrogen-bond donors (Lipinski definition) is 3. The largest absolute Gasteiger partial charge is 0.481 e. The van der Waals surface area contributed by atoms with Crippen LogP contribution in [-0.4, -0.2) is 38.4 Å². The second kappa shape index (κ2) is 6.17. The molecule has 8 nitrogen and oxygen atoms in total. The van der Waals surface area contributed by atoms with Crippen molar-refractivity contribution in [1.82, 2.24) is 20.1 Å². The Morgan fingerprint density at radius 1 is 1.42 bits per heavy atom. The summed E-state index contributed by atoms with van der Waals surface area (Å²) in [4.78, 5) is 25.7. The lowest BCUT2D eigenvalue weighted by Crippen LogP contribution is -2.30. The van der Waals surface area contributed by atoms with Crippen molar-refractivity contribution in [2.45, 2.75) is 39.2 Å². The van der Waals surface area contributed by atoms with Crippen molar-refractivity contribution in [3.63, 3.8) is 0 Å². The van der Waals surface area contributed by atoms with Gasteiger partial charge in [0.05, 0.1) is 5.54 Å². The fourth-order valence-corrected chi connectivity index (χ4v) is 1.23. The molecule has 0 saturated heterocycles. The second-order valence-electron chi connectivity index (χ2n) is 5.06. The van der Waals surface area contributed by atoms with E-state index in [-0.39, 0.29) is 24.5 Å². The van der Waals surface area contributed by atoms with E-state index in [1.54, 1.807) is 11.0 Å². The average Bonchev–Trinajstić information content (AvgIpc) is 2.72. The molecular weight excluding hydrogens is 250 g/mol. The lowest BCUT2D eigenvalue weighted by molar-refractivity contribution is -0.137. The van der Waals surface area contributed by atoms with Crippen molar-refractivity contribution < 1.29 is 14.7 Å². The van der Waals surface area contributed by atoms with E-state index in [0.29, 0.717) is 6.42 Å². The van der Waals surface area contributed by atoms with Gasteiger partial charge in [-0.25, -0.2) is 14.5 Å². The molecular formula is C11H19N5O3. The molecule has 0 aliphatic rings. The highest BCUT2D eigenvalue weighted by atomic mass is 16.4. The number of urea groups is 1. The zero-order valence-corrected chi connectivity index (χ0v) is 11.3. The van der Waals surface area contributed by atoms with E-state index in [0.717, 1.165) is 0 Å². The molecule has 1 aromatic rings. The first-order valence-electron chi connectivity index (χ1n) is 5.98. The normalized spacial score (nSPS) is 11.1. The Morgan fingerprint density at radius 3 is 2.63 bits per heavy atom. The van der Waals surface area contributed by atoms with Crippen LogP contribution in [0.5, 0.6) is 0 Å². The third kappa shape index (κ3) is 5.36. The molecule has 1 aromatic heterocycles. The van der Waals surface area contributed by atoms with Gasteiger partial charge in [-0.3, -0.25) is 10.1 Å². The van der Waals surface area contributed by atoms with Crippen LogP contribution in [0.3, 0.4) is 0 Å². The lowest BCUT2D eigenvalue weighted by Gasteiger charge is -2.17. The number of nitrogens with zero attached hydrogens (tertiary/aromatic N) is 3. The van der Waals surface area contributed by atoms with Crippen LogP contribution in [0.15, 0.2) is 6.33 Å². The number of carbonyl (C=O) groups excluding carboxylic acids is 1. The molecule has 0 fully saturated rings. The standard InChI is InChI=1S/C11H19N5O3/c1-11(2,3)16-7-13-9(15-16)14-10(19)12-6-4-5-8(17)18/h7H,4-6H2,1-3H3,(H,17,18)(H2,12,14,15,19). The topological polar surface area (TPSA) is 109 Å². The van der Waals surface area contributed by atoms with Crippen molar-refractivity contribution in [3.8, 4) is 0 Å². The molecule has 1 rings (SSSR count). The quantitative estimate of drug-likeness (QED) is 0.691. The first-order chi connectivity index (χ1) is 8.79. The van der Waals surface area contributed by atoms with Crippen molar-refractivity contribution in [3.05, 3.63) is 6.33 Å².